The van der Waals surface area contributed by atoms with E-state index in [2.05, 4.69) is 14.5 Å². The smallest absolute Gasteiger partial charge is 0.299 e. The maximum absolute atomic E-state index is 9.81. The van der Waals surface area contributed by atoms with E-state index in [1.807, 2.05) is 0 Å². The topological polar surface area (TPSA) is 235 Å². The Kier molecular flexibility index (Phi) is 10.2. The molecule has 0 aliphatic heterocycles. The molecule has 15 heteroatoms. The molecule has 3 aromatic carbocycles. The van der Waals surface area contributed by atoms with Crippen molar-refractivity contribution in [3.05, 3.63) is 103 Å². The zero-order valence-electron chi connectivity index (χ0n) is 16.7. The molecule has 0 saturated heterocycles. The van der Waals surface area contributed by atoms with Crippen molar-refractivity contribution in [2.24, 2.45) is 0 Å². The first-order valence-corrected chi connectivity index (χ1v) is 8.59. The lowest BCUT2D eigenvalue weighted by atomic mass is 10.3. The number of nitrogen functional groups attached to an aromatic ring is 3. The molecular weight excluding hydrogens is 444 g/mol. The van der Waals surface area contributed by atoms with Crippen molar-refractivity contribution in [1.29, 1.82) is 0 Å². The summed E-state index contributed by atoms with van der Waals surface area (Å²) in [5, 5.41) is 26.8. The number of rotatable bonds is 6. The number of benzene rings is 3. The van der Waals surface area contributed by atoms with Crippen molar-refractivity contribution in [2.45, 2.75) is 0 Å². The fourth-order valence-corrected chi connectivity index (χ4v) is 1.84. The van der Waals surface area contributed by atoms with Gasteiger partial charge in [-0.2, -0.15) is 0 Å². The summed E-state index contributed by atoms with van der Waals surface area (Å²) in [4.78, 5) is 41.8. The highest BCUT2D eigenvalue weighted by atomic mass is 17.0. The third kappa shape index (κ3) is 12.1. The summed E-state index contributed by atoms with van der Waals surface area (Å²) < 4.78 is 0. The SMILES string of the molecule is Nc1ccc(O[N+](=O)[O-])cc1.Nc1ccc(O[N+](=O)[O-])cc1.Nc1ccc(O[N+](=O)[O-])cc1. The molecule has 0 unspecified atom stereocenters. The Morgan fingerprint density at radius 3 is 0.788 bits per heavy atom. The second-order valence-corrected chi connectivity index (χ2v) is 5.65. The lowest BCUT2D eigenvalue weighted by Gasteiger charge is -1.96. The Balaban J connectivity index is 0.000000247. The third-order valence-corrected chi connectivity index (χ3v) is 3.18. The van der Waals surface area contributed by atoms with E-state index in [-0.39, 0.29) is 17.2 Å². The first-order chi connectivity index (χ1) is 15.5. The Morgan fingerprint density at radius 1 is 0.455 bits per heavy atom. The van der Waals surface area contributed by atoms with Crippen LogP contribution in [0.15, 0.2) is 72.8 Å². The number of anilines is 3. The molecule has 0 aliphatic rings. The normalized spacial score (nSPS) is 9.09. The number of nitrogens with two attached hydrogens (primary N) is 3. The van der Waals surface area contributed by atoms with Crippen molar-refractivity contribution in [3.8, 4) is 17.2 Å². The molecule has 3 rings (SSSR count). The van der Waals surface area contributed by atoms with Gasteiger partial charge in [0, 0.05) is 17.1 Å². The van der Waals surface area contributed by atoms with Crippen molar-refractivity contribution < 1.29 is 29.8 Å². The lowest BCUT2D eigenvalue weighted by molar-refractivity contribution is -0.711. The van der Waals surface area contributed by atoms with Gasteiger partial charge in [0.05, 0.1) is 0 Å². The molecule has 15 nitrogen and oxygen atoms in total. The van der Waals surface area contributed by atoms with E-state index in [0.29, 0.717) is 17.1 Å². The van der Waals surface area contributed by atoms with Gasteiger partial charge in [0.1, 0.15) is 17.2 Å². The Labute approximate surface area is 185 Å². The summed E-state index contributed by atoms with van der Waals surface area (Å²) in [6.07, 6.45) is 0. The van der Waals surface area contributed by atoms with Gasteiger partial charge in [-0.1, -0.05) is 0 Å². The summed E-state index contributed by atoms with van der Waals surface area (Å²) in [6, 6.07) is 17.7. The average Bonchev–Trinajstić information content (AvgIpc) is 2.73. The molecule has 0 spiro atoms. The molecule has 0 fully saturated rings. The number of hydrogen-bond donors (Lipinski definition) is 3. The van der Waals surface area contributed by atoms with Crippen LogP contribution in [0.5, 0.6) is 17.2 Å². The Morgan fingerprint density at radius 2 is 0.636 bits per heavy atom. The van der Waals surface area contributed by atoms with Crippen LogP contribution in [0, 0.1) is 30.3 Å². The van der Waals surface area contributed by atoms with Crippen LogP contribution in [0.4, 0.5) is 17.1 Å². The molecule has 0 aliphatic carbocycles. The molecular formula is C18H18N6O9. The minimum atomic E-state index is -0.870. The van der Waals surface area contributed by atoms with Gasteiger partial charge in [-0.25, -0.2) is 0 Å². The van der Waals surface area contributed by atoms with Crippen LogP contribution < -0.4 is 31.7 Å². The predicted octanol–water partition coefficient (Wildman–Crippen LogP) is 2.52. The summed E-state index contributed by atoms with van der Waals surface area (Å²) in [5.74, 6) is 0.512. The van der Waals surface area contributed by atoms with Gasteiger partial charge < -0.3 is 17.2 Å². The van der Waals surface area contributed by atoms with Gasteiger partial charge in [0.25, 0.3) is 15.3 Å². The summed E-state index contributed by atoms with van der Waals surface area (Å²) in [5.41, 5.74) is 17.6. The van der Waals surface area contributed by atoms with Gasteiger partial charge in [0.15, 0.2) is 0 Å². The molecule has 0 heterocycles. The minimum Gasteiger partial charge on any atom is -0.399 e. The van der Waals surface area contributed by atoms with E-state index < -0.39 is 15.3 Å². The summed E-state index contributed by atoms with van der Waals surface area (Å²) in [6.45, 7) is 0. The average molecular weight is 462 g/mol. The highest BCUT2D eigenvalue weighted by molar-refractivity contribution is 5.42. The van der Waals surface area contributed by atoms with Gasteiger partial charge in [-0.3, -0.25) is 14.5 Å². The van der Waals surface area contributed by atoms with Crippen molar-refractivity contribution in [2.75, 3.05) is 17.2 Å². The zero-order valence-corrected chi connectivity index (χ0v) is 16.7. The first-order valence-electron chi connectivity index (χ1n) is 8.59. The van der Waals surface area contributed by atoms with Gasteiger partial charge in [0.2, 0.25) is 0 Å². The molecule has 0 atom stereocenters. The molecule has 0 radical (unpaired) electrons. The molecule has 0 amide bonds. The molecule has 0 aromatic heterocycles. The van der Waals surface area contributed by atoms with E-state index in [9.17, 15) is 30.3 Å². The minimum absolute atomic E-state index is 0.171. The molecule has 6 N–H and O–H groups in total. The fourth-order valence-electron chi connectivity index (χ4n) is 1.84. The van der Waals surface area contributed by atoms with Crippen LogP contribution in [-0.2, 0) is 0 Å². The van der Waals surface area contributed by atoms with Gasteiger partial charge >= 0.3 is 0 Å². The highest BCUT2D eigenvalue weighted by Gasteiger charge is 1.98. The molecule has 174 valence electrons. The molecule has 33 heavy (non-hydrogen) atoms. The summed E-state index contributed by atoms with van der Waals surface area (Å²) in [7, 11) is 0. The van der Waals surface area contributed by atoms with E-state index in [4.69, 9.17) is 17.2 Å². The van der Waals surface area contributed by atoms with Crippen LogP contribution in [0.25, 0.3) is 0 Å². The van der Waals surface area contributed by atoms with Crippen molar-refractivity contribution in [1.82, 2.24) is 0 Å². The maximum Gasteiger partial charge on any atom is 0.299 e. The molecule has 3 aromatic rings. The van der Waals surface area contributed by atoms with Crippen molar-refractivity contribution in [3.63, 3.8) is 0 Å². The fraction of sp³-hybridized carbons (Fsp3) is 0. The monoisotopic (exact) mass is 462 g/mol. The van der Waals surface area contributed by atoms with Gasteiger partial charge in [-0.05, 0) is 72.8 Å². The van der Waals surface area contributed by atoms with E-state index in [0.717, 1.165) is 0 Å². The third-order valence-electron chi connectivity index (χ3n) is 3.18. The first kappa shape index (κ1) is 25.7. The van der Waals surface area contributed by atoms with Crippen LogP contribution in [0.3, 0.4) is 0 Å². The zero-order chi connectivity index (χ0) is 24.8. The van der Waals surface area contributed by atoms with E-state index in [1.54, 1.807) is 0 Å². The van der Waals surface area contributed by atoms with E-state index >= 15 is 0 Å². The maximum atomic E-state index is 9.81. The quantitative estimate of drug-likeness (QED) is 0.272. The standard InChI is InChI=1S/3C6H6N2O3/c3*7-5-1-3-6(4-2-5)11-8(9)10/h3*1-4H,7H2. The predicted molar refractivity (Wildman–Crippen MR) is 115 cm³/mol. The largest absolute Gasteiger partial charge is 0.399 e. The van der Waals surface area contributed by atoms with Gasteiger partial charge in [-0.15, -0.1) is 30.3 Å². The lowest BCUT2D eigenvalue weighted by Crippen LogP contribution is -2.03. The highest BCUT2D eigenvalue weighted by Crippen LogP contribution is 2.14. The van der Waals surface area contributed by atoms with Crippen LogP contribution in [0.1, 0.15) is 0 Å². The van der Waals surface area contributed by atoms with E-state index in [1.165, 1.54) is 72.8 Å². The van der Waals surface area contributed by atoms with Crippen LogP contribution in [0.2, 0.25) is 0 Å². The molecule has 0 saturated carbocycles. The molecule has 0 bridgehead atoms. The Hall–Kier alpha value is -5.34. The number of hydrogen-bond acceptors (Lipinski definition) is 12. The second kappa shape index (κ2) is 13.1. The number of nitrogens with zero attached hydrogens (tertiary/aromatic N) is 3. The Bertz CT molecular complexity index is 908. The van der Waals surface area contributed by atoms with Crippen molar-refractivity contribution >= 4 is 17.1 Å². The van der Waals surface area contributed by atoms with Crippen LogP contribution in [-0.4, -0.2) is 15.3 Å². The van der Waals surface area contributed by atoms with Crippen LogP contribution >= 0.6 is 0 Å². The summed E-state index contributed by atoms with van der Waals surface area (Å²) >= 11 is 0. The second-order valence-electron chi connectivity index (χ2n) is 5.65.